The molecule has 5 heteroatoms. The lowest BCUT2D eigenvalue weighted by atomic mass is 9.75. The average molecular weight is 263 g/mol. The molecule has 0 aromatic carbocycles. The van der Waals surface area contributed by atoms with Gasteiger partial charge in [-0.2, -0.15) is 0 Å². The van der Waals surface area contributed by atoms with Crippen molar-refractivity contribution in [2.24, 2.45) is 0 Å². The van der Waals surface area contributed by atoms with Crippen molar-refractivity contribution in [1.82, 2.24) is 25.0 Å². The van der Waals surface area contributed by atoms with Crippen molar-refractivity contribution >= 4 is 0 Å². The summed E-state index contributed by atoms with van der Waals surface area (Å²) < 4.78 is 2.31. The molecule has 1 aliphatic carbocycles. The standard InChI is InChI=1S/C14H25N5/c1-18(2)14(7-5-8-14)11-15-10-13-17-16-12-6-3-4-9-19(12)13/h15H,3-11H2,1-2H3. The topological polar surface area (TPSA) is 46.0 Å². The smallest absolute Gasteiger partial charge is 0.147 e. The van der Waals surface area contributed by atoms with Crippen LogP contribution in [0, 0.1) is 0 Å². The molecule has 2 heterocycles. The summed E-state index contributed by atoms with van der Waals surface area (Å²) >= 11 is 0. The number of hydrogen-bond acceptors (Lipinski definition) is 4. The number of aryl methyl sites for hydroxylation is 1. The molecule has 0 amide bonds. The zero-order chi connectivity index (χ0) is 13.3. The van der Waals surface area contributed by atoms with Gasteiger partial charge in [0, 0.05) is 25.0 Å². The molecular weight excluding hydrogens is 238 g/mol. The molecule has 0 saturated heterocycles. The zero-order valence-corrected chi connectivity index (χ0v) is 12.2. The molecule has 0 unspecified atom stereocenters. The summed E-state index contributed by atoms with van der Waals surface area (Å²) in [4.78, 5) is 2.38. The fourth-order valence-corrected chi connectivity index (χ4v) is 3.27. The van der Waals surface area contributed by atoms with Gasteiger partial charge in [0.2, 0.25) is 0 Å². The molecule has 3 rings (SSSR count). The highest BCUT2D eigenvalue weighted by Crippen LogP contribution is 2.35. The van der Waals surface area contributed by atoms with Gasteiger partial charge in [0.15, 0.2) is 0 Å². The van der Waals surface area contributed by atoms with Gasteiger partial charge in [-0.3, -0.25) is 0 Å². The van der Waals surface area contributed by atoms with Gasteiger partial charge >= 0.3 is 0 Å². The first-order valence-corrected chi connectivity index (χ1v) is 7.50. The van der Waals surface area contributed by atoms with Gasteiger partial charge in [0.1, 0.15) is 11.6 Å². The number of nitrogens with one attached hydrogen (secondary N) is 1. The van der Waals surface area contributed by atoms with Crippen molar-refractivity contribution in [1.29, 1.82) is 0 Å². The number of aromatic nitrogens is 3. The Labute approximate surface area is 115 Å². The van der Waals surface area contributed by atoms with Gasteiger partial charge < -0.3 is 14.8 Å². The van der Waals surface area contributed by atoms with Gasteiger partial charge in [0.25, 0.3) is 0 Å². The van der Waals surface area contributed by atoms with Gasteiger partial charge in [-0.1, -0.05) is 0 Å². The number of likely N-dealkylation sites (N-methyl/N-ethyl adjacent to an activating group) is 1. The summed E-state index contributed by atoms with van der Waals surface area (Å²) in [7, 11) is 4.39. The van der Waals surface area contributed by atoms with Crippen LogP contribution >= 0.6 is 0 Å². The highest BCUT2D eigenvalue weighted by atomic mass is 15.3. The first-order chi connectivity index (χ1) is 9.21. The number of hydrogen-bond donors (Lipinski definition) is 1. The molecule has 1 aliphatic heterocycles. The van der Waals surface area contributed by atoms with Gasteiger partial charge in [-0.05, 0) is 46.2 Å². The average Bonchev–Trinajstić information content (AvgIpc) is 2.75. The second-order valence-electron chi connectivity index (χ2n) is 6.22. The molecule has 1 saturated carbocycles. The predicted octanol–water partition coefficient (Wildman–Crippen LogP) is 1.19. The molecule has 0 radical (unpaired) electrons. The van der Waals surface area contributed by atoms with Gasteiger partial charge in [-0.15, -0.1) is 10.2 Å². The van der Waals surface area contributed by atoms with E-state index in [4.69, 9.17) is 0 Å². The monoisotopic (exact) mass is 263 g/mol. The van der Waals surface area contributed by atoms with Gasteiger partial charge in [-0.25, -0.2) is 0 Å². The summed E-state index contributed by atoms with van der Waals surface area (Å²) in [5.74, 6) is 2.29. The minimum absolute atomic E-state index is 0.380. The number of rotatable bonds is 5. The second kappa shape index (κ2) is 5.21. The third-order valence-corrected chi connectivity index (χ3v) is 4.91. The van der Waals surface area contributed by atoms with E-state index in [1.807, 2.05) is 0 Å². The van der Waals surface area contributed by atoms with E-state index < -0.39 is 0 Å². The lowest BCUT2D eigenvalue weighted by Gasteiger charge is -2.47. The van der Waals surface area contributed by atoms with Crippen LogP contribution in [0.25, 0.3) is 0 Å². The van der Waals surface area contributed by atoms with Crippen molar-refractivity contribution in [3.8, 4) is 0 Å². The lowest BCUT2D eigenvalue weighted by Crippen LogP contribution is -2.56. The van der Waals surface area contributed by atoms with Gasteiger partial charge in [0.05, 0.1) is 6.54 Å². The molecule has 0 atom stereocenters. The van der Waals surface area contributed by atoms with Crippen LogP contribution in [-0.2, 0) is 19.5 Å². The minimum Gasteiger partial charge on any atom is -0.314 e. The Morgan fingerprint density at radius 3 is 2.74 bits per heavy atom. The third-order valence-electron chi connectivity index (χ3n) is 4.91. The first-order valence-electron chi connectivity index (χ1n) is 7.50. The van der Waals surface area contributed by atoms with Crippen LogP contribution in [0.3, 0.4) is 0 Å². The fourth-order valence-electron chi connectivity index (χ4n) is 3.27. The normalized spacial score (nSPS) is 21.2. The maximum atomic E-state index is 4.34. The quantitative estimate of drug-likeness (QED) is 0.867. The van der Waals surface area contributed by atoms with Crippen LogP contribution in [0.15, 0.2) is 0 Å². The van der Waals surface area contributed by atoms with Crippen LogP contribution in [0.4, 0.5) is 0 Å². The Bertz CT molecular complexity index is 433. The van der Waals surface area contributed by atoms with E-state index in [-0.39, 0.29) is 0 Å². The van der Waals surface area contributed by atoms with Crippen LogP contribution in [0.1, 0.15) is 43.8 Å². The molecule has 0 bridgehead atoms. The first kappa shape index (κ1) is 13.1. The molecule has 1 aromatic heterocycles. The predicted molar refractivity (Wildman–Crippen MR) is 74.9 cm³/mol. The maximum Gasteiger partial charge on any atom is 0.147 e. The molecule has 1 N–H and O–H groups in total. The highest BCUT2D eigenvalue weighted by molar-refractivity contribution is 5.01. The van der Waals surface area contributed by atoms with Crippen molar-refractivity contribution in [2.75, 3.05) is 20.6 Å². The Morgan fingerprint density at radius 1 is 1.21 bits per heavy atom. The Morgan fingerprint density at radius 2 is 2.05 bits per heavy atom. The number of nitrogens with zero attached hydrogens (tertiary/aromatic N) is 4. The molecule has 5 nitrogen and oxygen atoms in total. The molecule has 0 spiro atoms. The Hall–Kier alpha value is -0.940. The summed E-state index contributed by atoms with van der Waals surface area (Å²) in [6.45, 7) is 3.00. The Kier molecular flexibility index (Phi) is 3.58. The van der Waals surface area contributed by atoms with E-state index in [0.717, 1.165) is 31.9 Å². The van der Waals surface area contributed by atoms with Crippen LogP contribution < -0.4 is 5.32 Å². The van der Waals surface area contributed by atoms with Crippen molar-refractivity contribution in [2.45, 2.75) is 57.2 Å². The summed E-state index contributed by atoms with van der Waals surface area (Å²) in [5.41, 5.74) is 0.380. The van der Waals surface area contributed by atoms with E-state index in [0.29, 0.717) is 5.54 Å². The second-order valence-corrected chi connectivity index (χ2v) is 6.22. The maximum absolute atomic E-state index is 4.34. The molecule has 1 fully saturated rings. The van der Waals surface area contributed by atoms with E-state index in [2.05, 4.69) is 39.1 Å². The summed E-state index contributed by atoms with van der Waals surface area (Å²) in [6, 6.07) is 0. The van der Waals surface area contributed by atoms with Crippen molar-refractivity contribution in [3.05, 3.63) is 11.6 Å². The zero-order valence-electron chi connectivity index (χ0n) is 12.2. The summed E-state index contributed by atoms with van der Waals surface area (Å²) in [6.07, 6.45) is 7.60. The molecular formula is C14H25N5. The lowest BCUT2D eigenvalue weighted by molar-refractivity contribution is 0.0595. The molecule has 19 heavy (non-hydrogen) atoms. The van der Waals surface area contributed by atoms with E-state index in [9.17, 15) is 0 Å². The van der Waals surface area contributed by atoms with Crippen molar-refractivity contribution in [3.63, 3.8) is 0 Å². The fraction of sp³-hybridized carbons (Fsp3) is 0.857. The van der Waals surface area contributed by atoms with Crippen LogP contribution in [0.2, 0.25) is 0 Å². The van der Waals surface area contributed by atoms with Crippen molar-refractivity contribution < 1.29 is 0 Å². The largest absolute Gasteiger partial charge is 0.314 e. The van der Waals surface area contributed by atoms with E-state index in [1.54, 1.807) is 0 Å². The third kappa shape index (κ3) is 2.41. The SMILES string of the molecule is CN(C)C1(CNCc2nnc3n2CCCC3)CCC1. The molecule has 1 aromatic rings. The minimum atomic E-state index is 0.380. The van der Waals surface area contributed by atoms with E-state index in [1.165, 1.54) is 37.9 Å². The molecule has 106 valence electrons. The Balaban J connectivity index is 1.56. The van der Waals surface area contributed by atoms with E-state index >= 15 is 0 Å². The summed E-state index contributed by atoms with van der Waals surface area (Å²) in [5, 5.41) is 12.2. The highest BCUT2D eigenvalue weighted by Gasteiger charge is 2.38. The van der Waals surface area contributed by atoms with Crippen LogP contribution in [0.5, 0.6) is 0 Å². The van der Waals surface area contributed by atoms with Crippen LogP contribution in [-0.4, -0.2) is 45.8 Å². The molecule has 2 aliphatic rings. The number of fused-ring (bicyclic) bond motifs is 1.